The normalized spacial score (nSPS) is 17.4. The maximum absolute atomic E-state index is 12.9. The van der Waals surface area contributed by atoms with Crippen molar-refractivity contribution in [2.75, 3.05) is 0 Å². The van der Waals surface area contributed by atoms with Crippen LogP contribution in [-0.4, -0.2) is 21.0 Å². The second-order valence-corrected chi connectivity index (χ2v) is 6.57. The summed E-state index contributed by atoms with van der Waals surface area (Å²) in [7, 11) is 0. The van der Waals surface area contributed by atoms with Crippen LogP contribution >= 0.6 is 11.8 Å². The van der Waals surface area contributed by atoms with Crippen molar-refractivity contribution >= 4 is 34.6 Å². The quantitative estimate of drug-likeness (QED) is 0.643. The van der Waals surface area contributed by atoms with Gasteiger partial charge in [0.25, 0.3) is 5.91 Å². The van der Waals surface area contributed by atoms with E-state index in [4.69, 9.17) is 4.42 Å². The molecule has 1 aliphatic heterocycles. The highest BCUT2D eigenvalue weighted by Gasteiger charge is 2.34. The summed E-state index contributed by atoms with van der Waals surface area (Å²) in [5.41, 5.74) is 1.54. The number of amides is 1. The topological polar surface area (TPSA) is 58.7 Å². The number of thioether (sulfide) groups is 1. The van der Waals surface area contributed by atoms with Crippen LogP contribution in [-0.2, 0) is 11.3 Å². The zero-order valence-corrected chi connectivity index (χ0v) is 14.6. The number of aromatic nitrogens is 1. The minimum absolute atomic E-state index is 0.105. The van der Waals surface area contributed by atoms with Crippen LogP contribution in [0, 0.1) is 0 Å². The smallest absolute Gasteiger partial charge is 0.267 e. The van der Waals surface area contributed by atoms with Gasteiger partial charge in [0.05, 0.1) is 29.1 Å². The van der Waals surface area contributed by atoms with Gasteiger partial charge in [0.2, 0.25) is 0 Å². The first-order valence-electron chi connectivity index (χ1n) is 8.08. The summed E-state index contributed by atoms with van der Waals surface area (Å²) in [6, 6.07) is 18.8. The fourth-order valence-corrected chi connectivity index (χ4v) is 3.48. The zero-order chi connectivity index (χ0) is 17.8. The number of hydrogen-bond acceptors (Lipinski definition) is 5. The highest BCUT2D eigenvalue weighted by Crippen LogP contribution is 2.34. The lowest BCUT2D eigenvalue weighted by Crippen LogP contribution is -2.28. The van der Waals surface area contributed by atoms with E-state index in [2.05, 4.69) is 9.98 Å². The maximum Gasteiger partial charge on any atom is 0.267 e. The molecule has 26 heavy (non-hydrogen) atoms. The van der Waals surface area contributed by atoms with E-state index < -0.39 is 0 Å². The van der Waals surface area contributed by atoms with Gasteiger partial charge in [-0.3, -0.25) is 14.7 Å². The molecule has 5 nitrogen and oxygen atoms in total. The Morgan fingerprint density at radius 3 is 2.65 bits per heavy atom. The van der Waals surface area contributed by atoms with E-state index in [0.717, 1.165) is 11.4 Å². The van der Waals surface area contributed by atoms with Crippen molar-refractivity contribution in [3.8, 4) is 0 Å². The van der Waals surface area contributed by atoms with Crippen molar-refractivity contribution < 1.29 is 9.21 Å². The molecule has 1 fully saturated rings. The Bertz CT molecular complexity index is 951. The molecule has 3 heterocycles. The summed E-state index contributed by atoms with van der Waals surface area (Å²) in [5.74, 6) is 0.602. The molecule has 0 N–H and O–H groups in total. The summed E-state index contributed by atoms with van der Waals surface area (Å²) < 4.78 is 5.41. The van der Waals surface area contributed by atoms with Crippen LogP contribution in [0.15, 0.2) is 87.4 Å². The number of aliphatic imine (C=N–C) groups is 1. The predicted molar refractivity (Wildman–Crippen MR) is 103 cm³/mol. The first-order valence-corrected chi connectivity index (χ1v) is 8.90. The summed E-state index contributed by atoms with van der Waals surface area (Å²) >= 11 is 1.34. The van der Waals surface area contributed by atoms with Crippen LogP contribution in [0.25, 0.3) is 6.08 Å². The molecule has 2 aromatic heterocycles. The largest absolute Gasteiger partial charge is 0.467 e. The van der Waals surface area contributed by atoms with Gasteiger partial charge in [-0.1, -0.05) is 24.3 Å². The molecule has 6 heteroatoms. The molecule has 1 amide bonds. The first kappa shape index (κ1) is 16.4. The second kappa shape index (κ2) is 7.41. The summed E-state index contributed by atoms with van der Waals surface area (Å²) in [5, 5.41) is 0.625. The Morgan fingerprint density at radius 2 is 1.92 bits per heavy atom. The maximum atomic E-state index is 12.9. The number of hydrogen-bond donors (Lipinski definition) is 0. The molecule has 0 spiro atoms. The van der Waals surface area contributed by atoms with E-state index in [1.165, 1.54) is 11.8 Å². The highest BCUT2D eigenvalue weighted by atomic mass is 32.2. The molecule has 1 saturated heterocycles. The zero-order valence-electron chi connectivity index (χ0n) is 13.8. The molecular weight excluding hydrogens is 346 g/mol. The summed E-state index contributed by atoms with van der Waals surface area (Å²) in [6.45, 7) is 0.337. The average molecular weight is 361 g/mol. The van der Waals surface area contributed by atoms with Gasteiger partial charge in [0, 0.05) is 6.20 Å². The Hall–Kier alpha value is -3.12. The molecule has 0 saturated carbocycles. The lowest BCUT2D eigenvalue weighted by Gasteiger charge is -2.13. The first-order chi connectivity index (χ1) is 12.8. The van der Waals surface area contributed by atoms with Gasteiger partial charge in [-0.15, -0.1) is 0 Å². The van der Waals surface area contributed by atoms with E-state index in [9.17, 15) is 4.79 Å². The number of carbonyl (C=O) groups is 1. The Labute approximate surface area is 155 Å². The van der Waals surface area contributed by atoms with Gasteiger partial charge < -0.3 is 4.42 Å². The lowest BCUT2D eigenvalue weighted by atomic mass is 10.3. The number of pyridine rings is 1. The molecule has 0 atom stereocenters. The van der Waals surface area contributed by atoms with Crippen molar-refractivity contribution in [2.45, 2.75) is 6.54 Å². The van der Waals surface area contributed by atoms with Gasteiger partial charge in [-0.05, 0) is 54.2 Å². The van der Waals surface area contributed by atoms with Crippen molar-refractivity contribution in [3.63, 3.8) is 0 Å². The van der Waals surface area contributed by atoms with E-state index in [-0.39, 0.29) is 5.91 Å². The van der Waals surface area contributed by atoms with Crippen molar-refractivity contribution in [3.05, 3.63) is 89.5 Å². The third kappa shape index (κ3) is 3.60. The van der Waals surface area contributed by atoms with Gasteiger partial charge in [-0.25, -0.2) is 4.99 Å². The van der Waals surface area contributed by atoms with E-state index in [1.54, 1.807) is 23.4 Å². The number of carbonyl (C=O) groups excluding carboxylic acids is 1. The molecule has 0 radical (unpaired) electrons. The van der Waals surface area contributed by atoms with Gasteiger partial charge in [-0.2, -0.15) is 0 Å². The number of para-hydroxylation sites is 1. The minimum atomic E-state index is -0.105. The molecule has 128 valence electrons. The van der Waals surface area contributed by atoms with Crippen molar-refractivity contribution in [1.82, 2.24) is 9.88 Å². The SMILES string of the molecule is O=C1/C(=C/c2ccccn2)SC(=Nc2ccccc2)N1Cc1ccco1. The Kier molecular flexibility index (Phi) is 4.66. The number of amidine groups is 1. The van der Waals surface area contributed by atoms with Crippen LogP contribution in [0.2, 0.25) is 0 Å². The summed E-state index contributed by atoms with van der Waals surface area (Å²) in [4.78, 5) is 24.1. The highest BCUT2D eigenvalue weighted by molar-refractivity contribution is 8.18. The molecule has 1 aromatic carbocycles. The fraction of sp³-hybridized carbons (Fsp3) is 0.0500. The molecule has 0 unspecified atom stereocenters. The molecule has 0 bridgehead atoms. The standard InChI is InChI=1S/C20H15N3O2S/c24-19-18(13-16-9-4-5-11-21-16)26-20(22-15-7-2-1-3-8-15)23(19)14-17-10-6-12-25-17/h1-13H,14H2/b18-13-,22-20?. The third-order valence-electron chi connectivity index (χ3n) is 3.73. The number of benzene rings is 1. The summed E-state index contributed by atoms with van der Waals surface area (Å²) in [6.07, 6.45) is 5.09. The molecular formula is C20H15N3O2S. The lowest BCUT2D eigenvalue weighted by molar-refractivity contribution is -0.122. The van der Waals surface area contributed by atoms with Gasteiger partial charge >= 0.3 is 0 Å². The minimum Gasteiger partial charge on any atom is -0.467 e. The number of rotatable bonds is 4. The third-order valence-corrected chi connectivity index (χ3v) is 4.74. The predicted octanol–water partition coefficient (Wildman–Crippen LogP) is 4.48. The van der Waals surface area contributed by atoms with E-state index in [0.29, 0.717) is 22.4 Å². The van der Waals surface area contributed by atoms with Crippen molar-refractivity contribution in [1.29, 1.82) is 0 Å². The van der Waals surface area contributed by atoms with Crippen LogP contribution in [0.1, 0.15) is 11.5 Å². The molecule has 4 rings (SSSR count). The fourth-order valence-electron chi connectivity index (χ4n) is 2.50. The van der Waals surface area contributed by atoms with Crippen LogP contribution in [0.4, 0.5) is 5.69 Å². The van der Waals surface area contributed by atoms with Gasteiger partial charge in [0.1, 0.15) is 5.76 Å². The second-order valence-electron chi connectivity index (χ2n) is 5.57. The van der Waals surface area contributed by atoms with E-state index in [1.807, 2.05) is 60.7 Å². The molecule has 0 aliphatic carbocycles. The van der Waals surface area contributed by atoms with Crippen LogP contribution < -0.4 is 0 Å². The van der Waals surface area contributed by atoms with E-state index >= 15 is 0 Å². The number of furan rings is 1. The Balaban J connectivity index is 1.69. The number of nitrogens with zero attached hydrogens (tertiary/aromatic N) is 3. The monoisotopic (exact) mass is 361 g/mol. The van der Waals surface area contributed by atoms with Gasteiger partial charge in [0.15, 0.2) is 5.17 Å². The Morgan fingerprint density at radius 1 is 1.08 bits per heavy atom. The van der Waals surface area contributed by atoms with Crippen molar-refractivity contribution in [2.24, 2.45) is 4.99 Å². The average Bonchev–Trinajstić information content (AvgIpc) is 3.28. The molecule has 3 aromatic rings. The van der Waals surface area contributed by atoms with Crippen LogP contribution in [0.3, 0.4) is 0 Å². The van der Waals surface area contributed by atoms with Crippen LogP contribution in [0.5, 0.6) is 0 Å². The molecule has 1 aliphatic rings.